The number of nitriles is 1. The van der Waals surface area contributed by atoms with Crippen LogP contribution in [0.3, 0.4) is 0 Å². The molecule has 5 nitrogen and oxygen atoms in total. The summed E-state index contributed by atoms with van der Waals surface area (Å²) in [5.41, 5.74) is 1.06. The monoisotopic (exact) mass is 360 g/mol. The average Bonchev–Trinajstić information content (AvgIpc) is 3.08. The molecule has 24 heavy (non-hydrogen) atoms. The Morgan fingerprint density at radius 2 is 2.08 bits per heavy atom. The van der Waals surface area contributed by atoms with E-state index >= 15 is 0 Å². The van der Waals surface area contributed by atoms with E-state index in [1.807, 2.05) is 23.6 Å². The van der Waals surface area contributed by atoms with Crippen molar-refractivity contribution in [2.75, 3.05) is 11.1 Å². The van der Waals surface area contributed by atoms with Crippen LogP contribution in [0.2, 0.25) is 0 Å². The summed E-state index contributed by atoms with van der Waals surface area (Å²) in [6, 6.07) is 12.4. The van der Waals surface area contributed by atoms with Crippen molar-refractivity contribution >= 4 is 40.7 Å². The number of carbonyl (C=O) groups is 2. The minimum atomic E-state index is -0.879. The highest BCUT2D eigenvalue weighted by molar-refractivity contribution is 7.99. The normalized spacial score (nSPS) is 11.3. The highest BCUT2D eigenvalue weighted by Crippen LogP contribution is 2.17. The van der Waals surface area contributed by atoms with Crippen LogP contribution in [0.25, 0.3) is 0 Å². The number of esters is 1. The van der Waals surface area contributed by atoms with Gasteiger partial charge in [0.25, 0.3) is 5.91 Å². The number of hydrogen-bond acceptors (Lipinski definition) is 6. The maximum absolute atomic E-state index is 12.0. The summed E-state index contributed by atoms with van der Waals surface area (Å²) in [7, 11) is 0. The maximum atomic E-state index is 12.0. The van der Waals surface area contributed by atoms with Crippen LogP contribution in [0.5, 0.6) is 0 Å². The minimum Gasteiger partial charge on any atom is -0.452 e. The Morgan fingerprint density at radius 1 is 1.33 bits per heavy atom. The largest absolute Gasteiger partial charge is 0.452 e. The average molecular weight is 360 g/mol. The van der Waals surface area contributed by atoms with Gasteiger partial charge in [0.05, 0.1) is 17.4 Å². The molecule has 0 saturated heterocycles. The highest BCUT2D eigenvalue weighted by atomic mass is 32.2. The van der Waals surface area contributed by atoms with Crippen molar-refractivity contribution < 1.29 is 14.3 Å². The highest BCUT2D eigenvalue weighted by Gasteiger charge is 2.18. The number of nitrogens with zero attached hydrogens (tertiary/aromatic N) is 1. The Labute approximate surface area is 148 Å². The molecule has 124 valence electrons. The number of ether oxygens (including phenoxy) is 1. The molecule has 1 aromatic heterocycles. The predicted molar refractivity (Wildman–Crippen MR) is 95.8 cm³/mol. The standard InChI is InChI=1S/C17H16N2O3S2/c1-12(17(21)19-14-6-4-13(9-18)5-7-14)22-16(20)11-23-10-15-3-2-8-24-15/h2-8,12H,10-11H2,1H3,(H,19,21)/t12-/m0/s1. The van der Waals surface area contributed by atoms with Gasteiger partial charge in [0.2, 0.25) is 0 Å². The van der Waals surface area contributed by atoms with Gasteiger partial charge in [0.1, 0.15) is 0 Å². The zero-order valence-electron chi connectivity index (χ0n) is 13.0. The quantitative estimate of drug-likeness (QED) is 0.765. The molecule has 1 amide bonds. The molecule has 0 aliphatic heterocycles. The Bertz CT molecular complexity index is 721. The molecule has 0 radical (unpaired) electrons. The topological polar surface area (TPSA) is 79.2 Å². The van der Waals surface area contributed by atoms with Crippen molar-refractivity contribution in [1.82, 2.24) is 0 Å². The molecule has 0 aliphatic rings. The molecule has 0 bridgehead atoms. The summed E-state index contributed by atoms with van der Waals surface area (Å²) < 4.78 is 5.13. The molecular weight excluding hydrogens is 344 g/mol. The summed E-state index contributed by atoms with van der Waals surface area (Å²) >= 11 is 3.09. The van der Waals surface area contributed by atoms with Gasteiger partial charge >= 0.3 is 5.97 Å². The van der Waals surface area contributed by atoms with E-state index in [2.05, 4.69) is 5.32 Å². The number of anilines is 1. The van der Waals surface area contributed by atoms with Crippen molar-refractivity contribution in [3.8, 4) is 6.07 Å². The fraction of sp³-hybridized carbons (Fsp3) is 0.235. The lowest BCUT2D eigenvalue weighted by atomic mass is 10.2. The Hall–Kier alpha value is -2.30. The number of carbonyl (C=O) groups excluding carboxylic acids is 2. The molecule has 0 saturated carbocycles. The summed E-state index contributed by atoms with van der Waals surface area (Å²) in [6.45, 7) is 1.53. The minimum absolute atomic E-state index is 0.201. The summed E-state index contributed by atoms with van der Waals surface area (Å²) in [5.74, 6) is 0.126. The van der Waals surface area contributed by atoms with Crippen molar-refractivity contribution in [3.05, 3.63) is 52.2 Å². The van der Waals surface area contributed by atoms with E-state index in [0.717, 1.165) is 5.75 Å². The number of benzene rings is 1. The Morgan fingerprint density at radius 3 is 2.71 bits per heavy atom. The maximum Gasteiger partial charge on any atom is 0.316 e. The first kappa shape index (κ1) is 18.0. The molecule has 0 spiro atoms. The molecule has 1 heterocycles. The number of rotatable bonds is 7. The van der Waals surface area contributed by atoms with Crippen LogP contribution in [-0.2, 0) is 20.1 Å². The Kier molecular flexibility index (Phi) is 6.85. The second-order valence-corrected chi connectivity index (χ2v) is 6.90. The number of hydrogen-bond donors (Lipinski definition) is 1. The summed E-state index contributed by atoms with van der Waals surface area (Å²) in [6.07, 6.45) is -0.879. The Balaban J connectivity index is 1.73. The van der Waals surface area contributed by atoms with Gasteiger partial charge in [-0.15, -0.1) is 23.1 Å². The van der Waals surface area contributed by atoms with Crippen molar-refractivity contribution in [1.29, 1.82) is 5.26 Å². The third-order valence-corrected chi connectivity index (χ3v) is 5.02. The molecule has 1 aromatic carbocycles. The number of thioether (sulfide) groups is 1. The van der Waals surface area contributed by atoms with Crippen LogP contribution in [0.15, 0.2) is 41.8 Å². The molecule has 1 atom stereocenters. The van der Waals surface area contributed by atoms with Gasteiger partial charge in [0.15, 0.2) is 6.10 Å². The van der Waals surface area contributed by atoms with E-state index in [0.29, 0.717) is 11.3 Å². The fourth-order valence-electron chi connectivity index (χ4n) is 1.79. The lowest BCUT2D eigenvalue weighted by molar-refractivity contribution is -0.150. The molecule has 0 aliphatic carbocycles. The third kappa shape index (κ3) is 5.72. The van der Waals surface area contributed by atoms with E-state index in [1.54, 1.807) is 35.6 Å². The number of thiophene rings is 1. The first-order chi connectivity index (χ1) is 11.6. The number of amides is 1. The second kappa shape index (κ2) is 9.11. The van der Waals surface area contributed by atoms with Gasteiger partial charge in [-0.25, -0.2) is 0 Å². The van der Waals surface area contributed by atoms with E-state index in [-0.39, 0.29) is 5.75 Å². The fourth-order valence-corrected chi connectivity index (χ4v) is 3.43. The van der Waals surface area contributed by atoms with Gasteiger partial charge < -0.3 is 10.1 Å². The van der Waals surface area contributed by atoms with Crippen molar-refractivity contribution in [2.45, 2.75) is 18.8 Å². The smallest absolute Gasteiger partial charge is 0.316 e. The third-order valence-electron chi connectivity index (χ3n) is 3.00. The first-order valence-electron chi connectivity index (χ1n) is 7.19. The molecular formula is C17H16N2O3S2. The van der Waals surface area contributed by atoms with Crippen LogP contribution < -0.4 is 5.32 Å². The van der Waals surface area contributed by atoms with Gasteiger partial charge in [-0.2, -0.15) is 5.26 Å². The summed E-state index contributed by atoms with van der Waals surface area (Å²) in [4.78, 5) is 25.0. The molecule has 1 N–H and O–H groups in total. The van der Waals surface area contributed by atoms with Gasteiger partial charge in [-0.05, 0) is 42.6 Å². The summed E-state index contributed by atoms with van der Waals surface area (Å²) in [5, 5.41) is 13.4. The van der Waals surface area contributed by atoms with Crippen molar-refractivity contribution in [2.24, 2.45) is 0 Å². The molecule has 7 heteroatoms. The van der Waals surface area contributed by atoms with Gasteiger partial charge in [-0.3, -0.25) is 9.59 Å². The van der Waals surface area contributed by atoms with E-state index < -0.39 is 18.0 Å². The van der Waals surface area contributed by atoms with Crippen molar-refractivity contribution in [3.63, 3.8) is 0 Å². The second-order valence-electron chi connectivity index (χ2n) is 4.88. The number of nitrogens with one attached hydrogen (secondary N) is 1. The SMILES string of the molecule is C[C@H](OC(=O)CSCc1cccs1)C(=O)Nc1ccc(C#N)cc1. The lowest BCUT2D eigenvalue weighted by Gasteiger charge is -2.13. The van der Waals surface area contributed by atoms with E-state index in [1.165, 1.54) is 23.6 Å². The molecule has 0 unspecified atom stereocenters. The lowest BCUT2D eigenvalue weighted by Crippen LogP contribution is -2.30. The van der Waals surface area contributed by atoms with E-state index in [4.69, 9.17) is 10.00 Å². The van der Waals surface area contributed by atoms with E-state index in [9.17, 15) is 9.59 Å². The van der Waals surface area contributed by atoms with Crippen LogP contribution in [0.4, 0.5) is 5.69 Å². The van der Waals surface area contributed by atoms with Crippen LogP contribution in [-0.4, -0.2) is 23.7 Å². The zero-order chi connectivity index (χ0) is 17.4. The molecule has 2 aromatic rings. The molecule has 0 fully saturated rings. The first-order valence-corrected chi connectivity index (χ1v) is 9.22. The predicted octanol–water partition coefficient (Wildman–Crippen LogP) is 3.42. The van der Waals surface area contributed by atoms with Crippen LogP contribution in [0, 0.1) is 11.3 Å². The van der Waals surface area contributed by atoms with Gasteiger partial charge in [0, 0.05) is 16.3 Å². The molecule has 2 rings (SSSR count). The van der Waals surface area contributed by atoms with Gasteiger partial charge in [-0.1, -0.05) is 6.07 Å². The zero-order valence-corrected chi connectivity index (χ0v) is 14.7. The van der Waals surface area contributed by atoms with Crippen LogP contribution in [0.1, 0.15) is 17.4 Å². The van der Waals surface area contributed by atoms with Crippen LogP contribution >= 0.6 is 23.1 Å².